The highest BCUT2D eigenvalue weighted by Gasteiger charge is 2.28. The molecule has 6 nitrogen and oxygen atoms in total. The predicted octanol–water partition coefficient (Wildman–Crippen LogP) is 3.08. The topological polar surface area (TPSA) is 75.3 Å². The van der Waals surface area contributed by atoms with Gasteiger partial charge >= 0.3 is 5.69 Å². The van der Waals surface area contributed by atoms with Crippen molar-refractivity contribution in [2.24, 2.45) is 0 Å². The molecule has 1 N–H and O–H groups in total. The number of ether oxygens (including phenoxy) is 1. The molecule has 0 radical (unpaired) electrons. The molecule has 0 bridgehead atoms. The van der Waals surface area contributed by atoms with Crippen LogP contribution >= 0.6 is 0 Å². The molecule has 1 aliphatic heterocycles. The molecule has 1 amide bonds. The van der Waals surface area contributed by atoms with Gasteiger partial charge in [-0.25, -0.2) is 4.79 Å². The van der Waals surface area contributed by atoms with Crippen molar-refractivity contribution in [3.63, 3.8) is 0 Å². The summed E-state index contributed by atoms with van der Waals surface area (Å²) in [6, 6.07) is 8.09. The van der Waals surface area contributed by atoms with Gasteiger partial charge in [0, 0.05) is 24.4 Å². The van der Waals surface area contributed by atoms with Crippen LogP contribution < -0.4 is 10.4 Å². The quantitative estimate of drug-likeness (QED) is 0.879. The number of piperidine rings is 1. The van der Waals surface area contributed by atoms with Crippen LogP contribution in [-0.2, 0) is 11.2 Å². The van der Waals surface area contributed by atoms with Crippen LogP contribution in [0.15, 0.2) is 29.1 Å². The zero-order chi connectivity index (χ0) is 19.4. The molecule has 1 aromatic heterocycles. The number of carbonyl (C=O) groups is 1. The summed E-state index contributed by atoms with van der Waals surface area (Å²) in [5, 5.41) is 0. The number of benzene rings is 1. The molecule has 1 saturated heterocycles. The van der Waals surface area contributed by atoms with Gasteiger partial charge in [0.25, 0.3) is 0 Å². The number of H-pyrrole nitrogens is 1. The number of aromatic amines is 1. The van der Waals surface area contributed by atoms with Crippen LogP contribution in [0.4, 0.5) is 0 Å². The normalized spacial score (nSPS) is 17.0. The molecule has 1 aliphatic rings. The molecule has 0 spiro atoms. The summed E-state index contributed by atoms with van der Waals surface area (Å²) in [5.41, 5.74) is 3.24. The molecular weight excluding hydrogens is 342 g/mol. The Hall–Kier alpha value is -2.63. The number of nitrogens with one attached hydrogen (secondary N) is 1. The van der Waals surface area contributed by atoms with E-state index < -0.39 is 0 Å². The third kappa shape index (κ3) is 4.38. The van der Waals surface area contributed by atoms with Gasteiger partial charge in [-0.2, -0.15) is 4.98 Å². The molecule has 1 aromatic carbocycles. The number of likely N-dealkylation sites (tertiary alicyclic amines) is 1. The average Bonchev–Trinajstić information content (AvgIpc) is 2.67. The molecule has 3 rings (SSSR count). The highest BCUT2D eigenvalue weighted by atomic mass is 16.5. The van der Waals surface area contributed by atoms with E-state index in [4.69, 9.17) is 4.74 Å². The molecule has 2 heterocycles. The molecule has 144 valence electrons. The second-order valence-electron chi connectivity index (χ2n) is 7.11. The third-order valence-electron chi connectivity index (χ3n) is 5.34. The van der Waals surface area contributed by atoms with Gasteiger partial charge < -0.3 is 14.6 Å². The first-order chi connectivity index (χ1) is 13.0. The van der Waals surface area contributed by atoms with Crippen molar-refractivity contribution in [2.45, 2.75) is 52.0 Å². The fraction of sp³-hybridized carbons (Fsp3) is 0.476. The number of hydrogen-bond donors (Lipinski definition) is 1. The summed E-state index contributed by atoms with van der Waals surface area (Å²) in [6.07, 6.45) is 4.12. The summed E-state index contributed by atoms with van der Waals surface area (Å²) in [5.74, 6) is 0.962. The lowest BCUT2D eigenvalue weighted by Crippen LogP contribution is -2.38. The van der Waals surface area contributed by atoms with E-state index in [1.165, 1.54) is 0 Å². The van der Waals surface area contributed by atoms with Crippen LogP contribution in [0.25, 0.3) is 0 Å². The van der Waals surface area contributed by atoms with E-state index in [-0.39, 0.29) is 17.6 Å². The number of nitrogens with zero attached hydrogens (tertiary/aromatic N) is 2. The van der Waals surface area contributed by atoms with Gasteiger partial charge in [-0.15, -0.1) is 0 Å². The van der Waals surface area contributed by atoms with Crippen LogP contribution in [0.3, 0.4) is 0 Å². The Labute approximate surface area is 159 Å². The van der Waals surface area contributed by atoms with Crippen molar-refractivity contribution in [2.75, 3.05) is 13.7 Å². The first-order valence-electron chi connectivity index (χ1n) is 9.49. The second kappa shape index (κ2) is 8.37. The van der Waals surface area contributed by atoms with Gasteiger partial charge in [0.15, 0.2) is 0 Å². The maximum absolute atomic E-state index is 13.0. The van der Waals surface area contributed by atoms with Crippen LogP contribution in [0, 0.1) is 13.8 Å². The highest BCUT2D eigenvalue weighted by molar-refractivity contribution is 5.77. The number of methoxy groups -OCH3 is 1. The van der Waals surface area contributed by atoms with Crippen molar-refractivity contribution >= 4 is 5.91 Å². The molecule has 0 saturated carbocycles. The largest absolute Gasteiger partial charge is 0.497 e. The fourth-order valence-electron chi connectivity index (χ4n) is 3.92. The number of aryl methyl sites for hydroxylation is 2. The first kappa shape index (κ1) is 19.1. The van der Waals surface area contributed by atoms with Gasteiger partial charge in [-0.1, -0.05) is 12.1 Å². The maximum Gasteiger partial charge on any atom is 0.345 e. The Morgan fingerprint density at radius 2 is 2.15 bits per heavy atom. The number of carbonyl (C=O) groups excluding carboxylic acids is 1. The van der Waals surface area contributed by atoms with Crippen LogP contribution in [0.1, 0.15) is 54.2 Å². The van der Waals surface area contributed by atoms with Crippen molar-refractivity contribution in [3.8, 4) is 5.75 Å². The standard InChI is InChI=1S/C21H27N3O3/c1-14-18(15(2)23-21(26)22-14)10-11-20(25)24-12-5-4-9-19(24)16-7-6-8-17(13-16)27-3/h6-8,13,19H,4-5,9-12H2,1-3H3,(H,22,23,26). The Balaban J connectivity index is 1.75. The molecule has 0 aliphatic carbocycles. The van der Waals surface area contributed by atoms with E-state index in [1.807, 2.05) is 36.9 Å². The van der Waals surface area contributed by atoms with E-state index in [9.17, 15) is 9.59 Å². The highest BCUT2D eigenvalue weighted by Crippen LogP contribution is 2.33. The smallest absolute Gasteiger partial charge is 0.345 e. The number of hydrogen-bond acceptors (Lipinski definition) is 4. The SMILES string of the molecule is COc1cccc(C2CCCCN2C(=O)CCc2c(C)nc(=O)[nH]c2C)c1. The summed E-state index contributed by atoms with van der Waals surface area (Å²) >= 11 is 0. The molecule has 1 atom stereocenters. The van der Waals surface area contributed by atoms with E-state index in [0.717, 1.165) is 48.4 Å². The lowest BCUT2D eigenvalue weighted by atomic mass is 9.94. The lowest BCUT2D eigenvalue weighted by Gasteiger charge is -2.36. The van der Waals surface area contributed by atoms with Gasteiger partial charge in [-0.3, -0.25) is 4.79 Å². The Kier molecular flexibility index (Phi) is 5.94. The summed E-state index contributed by atoms with van der Waals surface area (Å²) < 4.78 is 5.34. The van der Waals surface area contributed by atoms with Gasteiger partial charge in [0.05, 0.1) is 13.2 Å². The number of amides is 1. The first-order valence-corrected chi connectivity index (χ1v) is 9.49. The molecule has 1 unspecified atom stereocenters. The third-order valence-corrected chi connectivity index (χ3v) is 5.34. The van der Waals surface area contributed by atoms with Gasteiger partial charge in [0.2, 0.25) is 5.91 Å². The Bertz CT molecular complexity index is 849. The van der Waals surface area contributed by atoms with Gasteiger partial charge in [0.1, 0.15) is 5.75 Å². The van der Waals surface area contributed by atoms with Crippen LogP contribution in [0.2, 0.25) is 0 Å². The minimum atomic E-state index is -0.339. The van der Waals surface area contributed by atoms with Gasteiger partial charge in [-0.05, 0) is 62.8 Å². The molecule has 6 heteroatoms. The van der Waals surface area contributed by atoms with E-state index in [0.29, 0.717) is 18.5 Å². The monoisotopic (exact) mass is 369 g/mol. The average molecular weight is 369 g/mol. The van der Waals surface area contributed by atoms with E-state index in [2.05, 4.69) is 16.0 Å². The summed E-state index contributed by atoms with van der Waals surface area (Å²) in [7, 11) is 1.66. The Morgan fingerprint density at radius 1 is 1.33 bits per heavy atom. The minimum absolute atomic E-state index is 0.0947. The second-order valence-corrected chi connectivity index (χ2v) is 7.11. The predicted molar refractivity (Wildman–Crippen MR) is 104 cm³/mol. The van der Waals surface area contributed by atoms with E-state index >= 15 is 0 Å². The van der Waals surface area contributed by atoms with E-state index in [1.54, 1.807) is 7.11 Å². The zero-order valence-corrected chi connectivity index (χ0v) is 16.2. The Morgan fingerprint density at radius 3 is 2.89 bits per heavy atom. The molecule has 27 heavy (non-hydrogen) atoms. The number of rotatable bonds is 5. The molecular formula is C21H27N3O3. The fourth-order valence-corrected chi connectivity index (χ4v) is 3.92. The van der Waals surface area contributed by atoms with Crippen molar-refractivity contribution in [1.82, 2.24) is 14.9 Å². The number of aromatic nitrogens is 2. The summed E-state index contributed by atoms with van der Waals surface area (Å²) in [4.78, 5) is 33.1. The van der Waals surface area contributed by atoms with Crippen molar-refractivity contribution < 1.29 is 9.53 Å². The zero-order valence-electron chi connectivity index (χ0n) is 16.2. The van der Waals surface area contributed by atoms with Crippen molar-refractivity contribution in [3.05, 3.63) is 57.3 Å². The summed E-state index contributed by atoms with van der Waals surface area (Å²) in [6.45, 7) is 4.46. The van der Waals surface area contributed by atoms with Crippen LogP contribution in [-0.4, -0.2) is 34.4 Å². The molecule has 2 aromatic rings. The van der Waals surface area contributed by atoms with Crippen molar-refractivity contribution in [1.29, 1.82) is 0 Å². The van der Waals surface area contributed by atoms with Crippen LogP contribution in [0.5, 0.6) is 5.75 Å². The lowest BCUT2D eigenvalue weighted by molar-refractivity contribution is -0.135. The molecule has 1 fully saturated rings. The maximum atomic E-state index is 13.0. The minimum Gasteiger partial charge on any atom is -0.497 e.